The lowest BCUT2D eigenvalue weighted by molar-refractivity contribution is -0.141. The van der Waals surface area contributed by atoms with Gasteiger partial charge in [0.15, 0.2) is 0 Å². The molecule has 1 aliphatic rings. The Morgan fingerprint density at radius 1 is 1.56 bits per heavy atom. The molecule has 1 aliphatic heterocycles. The van der Waals surface area contributed by atoms with Crippen LogP contribution in [0.25, 0.3) is 0 Å². The third-order valence-electron chi connectivity index (χ3n) is 2.58. The number of nitrogens with one attached hydrogen (secondary N) is 1. The molecule has 2 amide bonds. The normalized spacial score (nSPS) is 19.8. The number of rotatable bonds is 2. The van der Waals surface area contributed by atoms with Crippen LogP contribution >= 0.6 is 11.3 Å². The van der Waals surface area contributed by atoms with Crippen molar-refractivity contribution in [3.63, 3.8) is 0 Å². The van der Waals surface area contributed by atoms with Crippen molar-refractivity contribution < 1.29 is 14.7 Å². The molecule has 0 saturated carbocycles. The Hall–Kier alpha value is -1.56. The number of amides is 2. The highest BCUT2D eigenvalue weighted by Gasteiger charge is 2.30. The van der Waals surface area contributed by atoms with Crippen LogP contribution in [0.4, 0.5) is 9.80 Å². The third-order valence-corrected chi connectivity index (χ3v) is 3.36. The largest absolute Gasteiger partial charge is 0.481 e. The van der Waals surface area contributed by atoms with Crippen LogP contribution in [0.3, 0.4) is 0 Å². The standard InChI is InChI=1S/C10H12N2O3S/c13-9(14)7-3-4-12(6-7)10(15)11-8-2-1-5-16-8/h1-2,5,7H,3-4,6H2,(H,11,15)(H,13,14). The van der Waals surface area contributed by atoms with Crippen molar-refractivity contribution >= 4 is 28.3 Å². The molecule has 1 unspecified atom stereocenters. The van der Waals surface area contributed by atoms with Gasteiger partial charge in [-0.15, -0.1) is 11.3 Å². The maximum absolute atomic E-state index is 11.7. The number of carboxylic acid groups (broad SMARTS) is 1. The molecule has 0 bridgehead atoms. The first-order chi connectivity index (χ1) is 7.66. The van der Waals surface area contributed by atoms with Crippen LogP contribution in [0.1, 0.15) is 6.42 Å². The molecule has 2 heterocycles. The molecule has 2 rings (SSSR count). The van der Waals surface area contributed by atoms with E-state index in [1.807, 2.05) is 17.5 Å². The van der Waals surface area contributed by atoms with Gasteiger partial charge in [0.2, 0.25) is 0 Å². The second-order valence-electron chi connectivity index (χ2n) is 3.68. The molecule has 1 atom stereocenters. The summed E-state index contributed by atoms with van der Waals surface area (Å²) in [5.74, 6) is -1.25. The van der Waals surface area contributed by atoms with Gasteiger partial charge in [-0.1, -0.05) is 0 Å². The smallest absolute Gasteiger partial charge is 0.322 e. The van der Waals surface area contributed by atoms with E-state index in [1.54, 1.807) is 4.90 Å². The molecule has 1 saturated heterocycles. The fraction of sp³-hybridized carbons (Fsp3) is 0.400. The van der Waals surface area contributed by atoms with E-state index in [0.29, 0.717) is 19.5 Å². The Morgan fingerprint density at radius 3 is 2.94 bits per heavy atom. The predicted molar refractivity (Wildman–Crippen MR) is 60.7 cm³/mol. The van der Waals surface area contributed by atoms with E-state index in [4.69, 9.17) is 5.11 Å². The monoisotopic (exact) mass is 240 g/mol. The van der Waals surface area contributed by atoms with Gasteiger partial charge in [-0.05, 0) is 23.9 Å². The highest BCUT2D eigenvalue weighted by Crippen LogP contribution is 2.19. The van der Waals surface area contributed by atoms with Crippen molar-refractivity contribution in [1.82, 2.24) is 4.90 Å². The van der Waals surface area contributed by atoms with Crippen LogP contribution in [0, 0.1) is 5.92 Å². The molecule has 16 heavy (non-hydrogen) atoms. The van der Waals surface area contributed by atoms with Gasteiger partial charge < -0.3 is 10.0 Å². The number of thiophene rings is 1. The zero-order valence-electron chi connectivity index (χ0n) is 8.55. The molecule has 0 aromatic carbocycles. The molecular formula is C10H12N2O3S. The summed E-state index contributed by atoms with van der Waals surface area (Å²) >= 11 is 1.44. The van der Waals surface area contributed by atoms with E-state index < -0.39 is 11.9 Å². The number of anilines is 1. The zero-order valence-corrected chi connectivity index (χ0v) is 9.37. The van der Waals surface area contributed by atoms with Gasteiger partial charge in [0, 0.05) is 13.1 Å². The topological polar surface area (TPSA) is 69.6 Å². The Bertz CT molecular complexity index is 391. The van der Waals surface area contributed by atoms with Gasteiger partial charge in [0.1, 0.15) is 0 Å². The average Bonchev–Trinajstić information content (AvgIpc) is 2.86. The molecule has 86 valence electrons. The minimum Gasteiger partial charge on any atom is -0.481 e. The summed E-state index contributed by atoms with van der Waals surface area (Å²) in [7, 11) is 0. The van der Waals surface area contributed by atoms with Crippen LogP contribution < -0.4 is 5.32 Å². The molecule has 2 N–H and O–H groups in total. The fourth-order valence-corrected chi connectivity index (χ4v) is 2.29. The minimum atomic E-state index is -0.827. The summed E-state index contributed by atoms with van der Waals surface area (Å²) in [5.41, 5.74) is 0. The predicted octanol–water partition coefficient (Wildman–Crippen LogP) is 1.69. The fourth-order valence-electron chi connectivity index (χ4n) is 1.68. The first-order valence-corrected chi connectivity index (χ1v) is 5.87. The van der Waals surface area contributed by atoms with E-state index in [9.17, 15) is 9.59 Å². The summed E-state index contributed by atoms with van der Waals surface area (Å²) in [5, 5.41) is 14.2. The summed E-state index contributed by atoms with van der Waals surface area (Å²) in [4.78, 5) is 24.0. The molecular weight excluding hydrogens is 228 g/mol. The Kier molecular flexibility index (Phi) is 3.09. The maximum atomic E-state index is 11.7. The van der Waals surface area contributed by atoms with Gasteiger partial charge in [0.25, 0.3) is 0 Å². The van der Waals surface area contributed by atoms with Gasteiger partial charge in [-0.3, -0.25) is 10.1 Å². The second-order valence-corrected chi connectivity index (χ2v) is 4.62. The molecule has 5 nitrogen and oxygen atoms in total. The number of likely N-dealkylation sites (tertiary alicyclic amines) is 1. The van der Waals surface area contributed by atoms with Crippen LogP contribution in [-0.4, -0.2) is 35.1 Å². The molecule has 6 heteroatoms. The maximum Gasteiger partial charge on any atom is 0.322 e. The molecule has 0 spiro atoms. The SMILES string of the molecule is O=C(O)C1CCN(C(=O)Nc2cccs2)C1. The van der Waals surface area contributed by atoms with Crippen LogP contribution in [-0.2, 0) is 4.79 Å². The summed E-state index contributed by atoms with van der Waals surface area (Å²) in [6.45, 7) is 0.806. The van der Waals surface area contributed by atoms with Crippen molar-refractivity contribution in [2.45, 2.75) is 6.42 Å². The van der Waals surface area contributed by atoms with Crippen molar-refractivity contribution in [2.75, 3.05) is 18.4 Å². The van der Waals surface area contributed by atoms with E-state index in [2.05, 4.69) is 5.32 Å². The molecule has 1 aromatic heterocycles. The van der Waals surface area contributed by atoms with Gasteiger partial charge in [-0.25, -0.2) is 4.79 Å². The summed E-state index contributed by atoms with van der Waals surface area (Å²) in [6, 6.07) is 3.45. The lowest BCUT2D eigenvalue weighted by Crippen LogP contribution is -2.33. The first kappa shape index (κ1) is 10.9. The van der Waals surface area contributed by atoms with E-state index >= 15 is 0 Å². The molecule has 1 aromatic rings. The lowest BCUT2D eigenvalue weighted by Gasteiger charge is -2.15. The lowest BCUT2D eigenvalue weighted by atomic mass is 10.1. The number of hydrogen-bond acceptors (Lipinski definition) is 3. The molecule has 0 aliphatic carbocycles. The van der Waals surface area contributed by atoms with E-state index in [-0.39, 0.29) is 6.03 Å². The van der Waals surface area contributed by atoms with Gasteiger partial charge >= 0.3 is 12.0 Å². The first-order valence-electron chi connectivity index (χ1n) is 4.99. The number of carbonyl (C=O) groups excluding carboxylic acids is 1. The quantitative estimate of drug-likeness (QED) is 0.826. The molecule has 0 radical (unpaired) electrons. The van der Waals surface area contributed by atoms with Gasteiger partial charge in [-0.2, -0.15) is 0 Å². The number of urea groups is 1. The minimum absolute atomic E-state index is 0.216. The summed E-state index contributed by atoms with van der Waals surface area (Å²) in [6.07, 6.45) is 0.535. The third kappa shape index (κ3) is 2.33. The molecule has 1 fully saturated rings. The van der Waals surface area contributed by atoms with Crippen molar-refractivity contribution in [2.24, 2.45) is 5.92 Å². The number of carbonyl (C=O) groups is 2. The number of hydrogen-bond donors (Lipinski definition) is 2. The zero-order chi connectivity index (χ0) is 11.5. The van der Waals surface area contributed by atoms with Crippen LogP contribution in [0.5, 0.6) is 0 Å². The number of nitrogens with zero attached hydrogens (tertiary/aromatic N) is 1. The Labute approximate surface area is 96.7 Å². The number of carboxylic acids is 1. The van der Waals surface area contributed by atoms with E-state index in [0.717, 1.165) is 5.00 Å². The second kappa shape index (κ2) is 4.52. The average molecular weight is 240 g/mol. The van der Waals surface area contributed by atoms with Crippen LogP contribution in [0.2, 0.25) is 0 Å². The Morgan fingerprint density at radius 2 is 2.38 bits per heavy atom. The van der Waals surface area contributed by atoms with Crippen molar-refractivity contribution in [1.29, 1.82) is 0 Å². The highest BCUT2D eigenvalue weighted by atomic mass is 32.1. The van der Waals surface area contributed by atoms with Gasteiger partial charge in [0.05, 0.1) is 10.9 Å². The summed E-state index contributed by atoms with van der Waals surface area (Å²) < 4.78 is 0. The van der Waals surface area contributed by atoms with Crippen LogP contribution in [0.15, 0.2) is 17.5 Å². The number of aliphatic carboxylic acids is 1. The Balaban J connectivity index is 1.90. The van der Waals surface area contributed by atoms with E-state index in [1.165, 1.54) is 11.3 Å². The van der Waals surface area contributed by atoms with Crippen molar-refractivity contribution in [3.05, 3.63) is 17.5 Å². The van der Waals surface area contributed by atoms with Crippen molar-refractivity contribution in [3.8, 4) is 0 Å². The highest BCUT2D eigenvalue weighted by molar-refractivity contribution is 7.14.